The fraction of sp³-hybridized carbons (Fsp3) is 0.846. The lowest BCUT2D eigenvalue weighted by molar-refractivity contribution is 0.00973. The molecule has 1 aromatic heterocycles. The molecule has 1 aliphatic carbocycles. The van der Waals surface area contributed by atoms with Gasteiger partial charge in [-0.25, -0.2) is 0 Å². The molecule has 1 aromatic rings. The highest BCUT2D eigenvalue weighted by molar-refractivity contribution is 4.98. The first-order valence-electron chi connectivity index (χ1n) is 6.69. The molecule has 0 N–H and O–H groups in total. The largest absolute Gasteiger partial charge is 0.371 e. The van der Waals surface area contributed by atoms with E-state index in [-0.39, 0.29) is 0 Å². The van der Waals surface area contributed by atoms with Crippen LogP contribution < -0.4 is 0 Å². The van der Waals surface area contributed by atoms with Crippen molar-refractivity contribution in [2.45, 2.75) is 38.8 Å². The van der Waals surface area contributed by atoms with Crippen molar-refractivity contribution < 1.29 is 9.26 Å². The van der Waals surface area contributed by atoms with Crippen LogP contribution in [0.2, 0.25) is 0 Å². The number of ether oxygens (including phenoxy) is 1. The standard InChI is InChI=1S/C13H21N3O2/c1-13(2,17-3)12-14-11(18-15-12)8-16-6-9-4-5-10(9)7-16/h9-10H,4-8H2,1-3H3/t9-,10+. The molecular weight excluding hydrogens is 230 g/mol. The third kappa shape index (κ3) is 2.06. The van der Waals surface area contributed by atoms with Gasteiger partial charge in [0, 0.05) is 20.2 Å². The van der Waals surface area contributed by atoms with Crippen molar-refractivity contribution in [1.82, 2.24) is 15.0 Å². The molecule has 0 radical (unpaired) electrons. The minimum Gasteiger partial charge on any atom is -0.371 e. The second-order valence-corrected chi connectivity index (χ2v) is 6.02. The summed E-state index contributed by atoms with van der Waals surface area (Å²) in [5, 5.41) is 4.02. The predicted octanol–water partition coefficient (Wildman–Crippen LogP) is 1.79. The quantitative estimate of drug-likeness (QED) is 0.816. The second-order valence-electron chi connectivity index (χ2n) is 6.02. The van der Waals surface area contributed by atoms with Crippen molar-refractivity contribution in [2.24, 2.45) is 11.8 Å². The minimum absolute atomic E-state index is 0.480. The molecule has 1 saturated carbocycles. The smallest absolute Gasteiger partial charge is 0.240 e. The van der Waals surface area contributed by atoms with Crippen LogP contribution in [-0.4, -0.2) is 35.2 Å². The third-order valence-corrected chi connectivity index (χ3v) is 4.44. The maximum atomic E-state index is 5.35. The van der Waals surface area contributed by atoms with E-state index in [0.29, 0.717) is 11.7 Å². The van der Waals surface area contributed by atoms with E-state index in [9.17, 15) is 0 Å². The van der Waals surface area contributed by atoms with Crippen LogP contribution in [0.1, 0.15) is 38.4 Å². The summed E-state index contributed by atoms with van der Waals surface area (Å²) in [6.45, 7) is 7.04. The molecule has 0 amide bonds. The molecule has 2 aliphatic rings. The number of hydrogen-bond donors (Lipinski definition) is 0. The Morgan fingerprint density at radius 2 is 2.00 bits per heavy atom. The topological polar surface area (TPSA) is 51.4 Å². The van der Waals surface area contributed by atoms with Crippen LogP contribution in [0.15, 0.2) is 4.52 Å². The van der Waals surface area contributed by atoms with Crippen LogP contribution in [0.5, 0.6) is 0 Å². The Hall–Kier alpha value is -0.940. The van der Waals surface area contributed by atoms with Gasteiger partial charge in [-0.05, 0) is 38.5 Å². The number of rotatable bonds is 4. The van der Waals surface area contributed by atoms with Gasteiger partial charge in [0.25, 0.3) is 0 Å². The maximum absolute atomic E-state index is 5.35. The Morgan fingerprint density at radius 1 is 1.33 bits per heavy atom. The third-order valence-electron chi connectivity index (χ3n) is 4.44. The Balaban J connectivity index is 1.63. The van der Waals surface area contributed by atoms with Gasteiger partial charge in [-0.3, -0.25) is 4.90 Å². The second kappa shape index (κ2) is 4.31. The van der Waals surface area contributed by atoms with Crippen LogP contribution in [0.25, 0.3) is 0 Å². The Bertz CT molecular complexity index is 418. The first kappa shape index (κ1) is 12.1. The van der Waals surface area contributed by atoms with E-state index in [2.05, 4.69) is 15.0 Å². The highest BCUT2D eigenvalue weighted by atomic mass is 16.5. The van der Waals surface area contributed by atoms with E-state index in [1.165, 1.54) is 25.9 Å². The summed E-state index contributed by atoms with van der Waals surface area (Å²) in [6, 6.07) is 0. The zero-order valence-electron chi connectivity index (χ0n) is 11.3. The van der Waals surface area contributed by atoms with Crippen molar-refractivity contribution >= 4 is 0 Å². The fourth-order valence-corrected chi connectivity index (χ4v) is 2.83. The summed E-state index contributed by atoms with van der Waals surface area (Å²) in [5.41, 5.74) is -0.480. The molecule has 5 nitrogen and oxygen atoms in total. The van der Waals surface area contributed by atoms with Gasteiger partial charge in [-0.1, -0.05) is 5.16 Å². The lowest BCUT2D eigenvalue weighted by Gasteiger charge is -2.28. The van der Waals surface area contributed by atoms with Crippen LogP contribution in [0.4, 0.5) is 0 Å². The average Bonchev–Trinajstić information content (AvgIpc) is 2.89. The highest BCUT2D eigenvalue weighted by Crippen LogP contribution is 2.40. The van der Waals surface area contributed by atoms with E-state index in [0.717, 1.165) is 18.4 Å². The monoisotopic (exact) mass is 251 g/mol. The SMILES string of the molecule is COC(C)(C)c1noc(CN2C[C@H]3CC[C@H]3C2)n1. The van der Waals surface area contributed by atoms with Crippen LogP contribution in [-0.2, 0) is 16.9 Å². The molecule has 1 saturated heterocycles. The Morgan fingerprint density at radius 3 is 2.56 bits per heavy atom. The summed E-state index contributed by atoms with van der Waals surface area (Å²) in [7, 11) is 1.66. The minimum atomic E-state index is -0.480. The van der Waals surface area contributed by atoms with Crippen molar-refractivity contribution in [1.29, 1.82) is 0 Å². The summed E-state index contributed by atoms with van der Waals surface area (Å²) in [5.74, 6) is 3.17. The number of fused-ring (bicyclic) bond motifs is 1. The molecule has 0 unspecified atom stereocenters. The predicted molar refractivity (Wildman–Crippen MR) is 65.8 cm³/mol. The summed E-state index contributed by atoms with van der Waals surface area (Å²) < 4.78 is 10.7. The summed E-state index contributed by atoms with van der Waals surface area (Å²) >= 11 is 0. The van der Waals surface area contributed by atoms with Gasteiger partial charge in [0.15, 0.2) is 0 Å². The van der Waals surface area contributed by atoms with Gasteiger partial charge in [0.05, 0.1) is 6.54 Å². The zero-order chi connectivity index (χ0) is 12.8. The molecule has 1 aliphatic heterocycles. The van der Waals surface area contributed by atoms with Gasteiger partial charge >= 0.3 is 0 Å². The van der Waals surface area contributed by atoms with Gasteiger partial charge in [-0.2, -0.15) is 4.98 Å². The molecule has 100 valence electrons. The van der Waals surface area contributed by atoms with Crippen LogP contribution >= 0.6 is 0 Å². The summed E-state index contributed by atoms with van der Waals surface area (Å²) in [6.07, 6.45) is 2.79. The number of methoxy groups -OCH3 is 1. The summed E-state index contributed by atoms with van der Waals surface area (Å²) in [4.78, 5) is 6.87. The van der Waals surface area contributed by atoms with Crippen molar-refractivity contribution in [3.05, 3.63) is 11.7 Å². The lowest BCUT2D eigenvalue weighted by atomic mass is 9.77. The molecule has 18 heavy (non-hydrogen) atoms. The lowest BCUT2D eigenvalue weighted by Crippen LogP contribution is -2.22. The number of aromatic nitrogens is 2. The van der Waals surface area contributed by atoms with Crippen molar-refractivity contribution in [3.63, 3.8) is 0 Å². The molecule has 2 atom stereocenters. The number of nitrogens with zero attached hydrogens (tertiary/aromatic N) is 3. The molecule has 0 spiro atoms. The van der Waals surface area contributed by atoms with E-state index >= 15 is 0 Å². The molecular formula is C13H21N3O2. The van der Waals surface area contributed by atoms with E-state index < -0.39 is 5.60 Å². The normalized spacial score (nSPS) is 28.2. The highest BCUT2D eigenvalue weighted by Gasteiger charge is 2.39. The van der Waals surface area contributed by atoms with Crippen molar-refractivity contribution in [3.8, 4) is 0 Å². The number of likely N-dealkylation sites (tertiary alicyclic amines) is 1. The molecule has 2 fully saturated rings. The van der Waals surface area contributed by atoms with E-state index in [1.54, 1.807) is 7.11 Å². The number of hydrogen-bond acceptors (Lipinski definition) is 5. The average molecular weight is 251 g/mol. The van der Waals surface area contributed by atoms with Gasteiger partial charge in [0.2, 0.25) is 11.7 Å². The molecule has 5 heteroatoms. The van der Waals surface area contributed by atoms with Gasteiger partial charge in [0.1, 0.15) is 5.60 Å². The zero-order valence-corrected chi connectivity index (χ0v) is 11.3. The van der Waals surface area contributed by atoms with Crippen molar-refractivity contribution in [2.75, 3.05) is 20.2 Å². The Kier molecular flexibility index (Phi) is 2.90. The first-order valence-corrected chi connectivity index (χ1v) is 6.69. The molecule has 3 rings (SSSR count). The van der Waals surface area contributed by atoms with E-state index in [1.807, 2.05) is 13.8 Å². The van der Waals surface area contributed by atoms with Crippen LogP contribution in [0, 0.1) is 11.8 Å². The fourth-order valence-electron chi connectivity index (χ4n) is 2.83. The van der Waals surface area contributed by atoms with Gasteiger partial charge in [-0.15, -0.1) is 0 Å². The maximum Gasteiger partial charge on any atom is 0.240 e. The molecule has 2 heterocycles. The molecule has 0 aromatic carbocycles. The molecule has 0 bridgehead atoms. The van der Waals surface area contributed by atoms with Gasteiger partial charge < -0.3 is 9.26 Å². The first-order chi connectivity index (χ1) is 8.58. The Labute approximate surface area is 107 Å². The van der Waals surface area contributed by atoms with E-state index in [4.69, 9.17) is 9.26 Å². The van der Waals surface area contributed by atoms with Crippen LogP contribution in [0.3, 0.4) is 0 Å².